The number of sulfonamides is 1. The van der Waals surface area contributed by atoms with Crippen LogP contribution in [0.3, 0.4) is 0 Å². The Morgan fingerprint density at radius 1 is 1.19 bits per heavy atom. The molecule has 1 N–H and O–H groups in total. The van der Waals surface area contributed by atoms with Crippen molar-refractivity contribution < 1.29 is 22.7 Å². The molecule has 13 heteroatoms. The predicted molar refractivity (Wildman–Crippen MR) is 165 cm³/mol. The lowest BCUT2D eigenvalue weighted by atomic mass is 10.1. The minimum atomic E-state index is -4.23. The van der Waals surface area contributed by atoms with Crippen LogP contribution in [0.25, 0.3) is 16.6 Å². The molecule has 1 aliphatic heterocycles. The van der Waals surface area contributed by atoms with Crippen LogP contribution in [0.5, 0.6) is 5.75 Å². The second kappa shape index (κ2) is 12.0. The number of amides is 1. The van der Waals surface area contributed by atoms with Gasteiger partial charge < -0.3 is 19.4 Å². The number of aryl methyl sites for hydroxylation is 1. The molecule has 0 saturated carbocycles. The van der Waals surface area contributed by atoms with Gasteiger partial charge in [0.15, 0.2) is 0 Å². The molecule has 228 valence electrons. The first kappa shape index (κ1) is 31.2. The van der Waals surface area contributed by atoms with Crippen LogP contribution >= 0.6 is 23.2 Å². The standard InChI is InChI=1S/C30H33Cl2N5O5S/c1-18-13-23(36-12-11-34-17-36)20-7-6-8-25(28(20)35-18)41-16-21-22(31)9-10-26(27(21)32)43(39,40)37-15-19(42-30(2,3)4)14-24(37)29(38)33-5/h6-13,17,19,24H,14-16H2,1-5H3,(H,33,38)/t19-,24+/m1/s1. The van der Waals surface area contributed by atoms with E-state index in [0.717, 1.165) is 21.1 Å². The summed E-state index contributed by atoms with van der Waals surface area (Å²) in [6.45, 7) is 7.42. The van der Waals surface area contributed by atoms with Gasteiger partial charge in [0.1, 0.15) is 28.8 Å². The number of aromatic nitrogens is 3. The summed E-state index contributed by atoms with van der Waals surface area (Å²) in [4.78, 5) is 21.4. The number of halogens is 2. The van der Waals surface area contributed by atoms with Gasteiger partial charge in [0.2, 0.25) is 15.9 Å². The summed E-state index contributed by atoms with van der Waals surface area (Å²) in [6, 6.07) is 9.38. The monoisotopic (exact) mass is 645 g/mol. The molecule has 2 atom stereocenters. The zero-order chi connectivity index (χ0) is 31.1. The molecule has 4 aromatic rings. The van der Waals surface area contributed by atoms with Gasteiger partial charge in [-0.25, -0.2) is 18.4 Å². The fourth-order valence-electron chi connectivity index (χ4n) is 5.27. The summed E-state index contributed by atoms with van der Waals surface area (Å²) < 4.78 is 43.3. The maximum Gasteiger partial charge on any atom is 0.245 e. The second-order valence-corrected chi connectivity index (χ2v) is 14.0. The summed E-state index contributed by atoms with van der Waals surface area (Å²) in [6.07, 6.45) is 5.00. The number of benzene rings is 2. The van der Waals surface area contributed by atoms with E-state index in [-0.39, 0.29) is 34.5 Å². The number of rotatable bonds is 8. The Bertz CT molecular complexity index is 1770. The minimum absolute atomic E-state index is 0.00273. The molecule has 1 aliphatic rings. The molecule has 3 heterocycles. The number of carbonyl (C=O) groups excluding carboxylic acids is 1. The lowest BCUT2D eigenvalue weighted by Gasteiger charge is -2.25. The Balaban J connectivity index is 1.47. The molecule has 2 aromatic heterocycles. The molecule has 0 unspecified atom stereocenters. The van der Waals surface area contributed by atoms with Crippen molar-refractivity contribution >= 4 is 50.0 Å². The molecule has 43 heavy (non-hydrogen) atoms. The molecule has 1 fully saturated rings. The number of carbonyl (C=O) groups is 1. The van der Waals surface area contributed by atoms with Crippen LogP contribution in [0.4, 0.5) is 0 Å². The molecule has 5 rings (SSSR count). The summed E-state index contributed by atoms with van der Waals surface area (Å²) >= 11 is 13.3. The molecule has 0 radical (unpaired) electrons. The average Bonchev–Trinajstić information content (AvgIpc) is 3.62. The lowest BCUT2D eigenvalue weighted by molar-refractivity contribution is -0.124. The van der Waals surface area contributed by atoms with E-state index in [9.17, 15) is 13.2 Å². The highest BCUT2D eigenvalue weighted by Gasteiger charge is 2.46. The highest BCUT2D eigenvalue weighted by Crippen LogP contribution is 2.38. The van der Waals surface area contributed by atoms with Crippen LogP contribution in [0, 0.1) is 6.92 Å². The third-order valence-corrected chi connectivity index (χ3v) is 9.90. The van der Waals surface area contributed by atoms with E-state index in [1.54, 1.807) is 18.6 Å². The number of imidazole rings is 1. The molecule has 1 saturated heterocycles. The zero-order valence-corrected chi connectivity index (χ0v) is 26.8. The van der Waals surface area contributed by atoms with E-state index in [0.29, 0.717) is 16.8 Å². The van der Waals surface area contributed by atoms with Crippen molar-refractivity contribution in [2.45, 2.75) is 63.4 Å². The fourth-order valence-corrected chi connectivity index (χ4v) is 7.76. The van der Waals surface area contributed by atoms with E-state index < -0.39 is 33.7 Å². The molecular weight excluding hydrogens is 613 g/mol. The fraction of sp³-hybridized carbons (Fsp3) is 0.367. The van der Waals surface area contributed by atoms with Gasteiger partial charge in [-0.3, -0.25) is 4.79 Å². The van der Waals surface area contributed by atoms with Crippen molar-refractivity contribution in [3.8, 4) is 11.4 Å². The van der Waals surface area contributed by atoms with Gasteiger partial charge in [0, 0.05) is 54.1 Å². The van der Waals surface area contributed by atoms with Crippen molar-refractivity contribution in [1.82, 2.24) is 24.2 Å². The number of nitrogens with one attached hydrogen (secondary N) is 1. The largest absolute Gasteiger partial charge is 0.487 e. The first-order chi connectivity index (χ1) is 20.3. The Morgan fingerprint density at radius 2 is 1.95 bits per heavy atom. The third-order valence-electron chi connectivity index (χ3n) is 7.09. The molecule has 2 aromatic carbocycles. The third kappa shape index (κ3) is 6.37. The van der Waals surface area contributed by atoms with Gasteiger partial charge in [0.25, 0.3) is 0 Å². The zero-order valence-electron chi connectivity index (χ0n) is 24.5. The Kier molecular flexibility index (Phi) is 8.75. The van der Waals surface area contributed by atoms with Gasteiger partial charge >= 0.3 is 0 Å². The van der Waals surface area contributed by atoms with Crippen LogP contribution < -0.4 is 10.1 Å². The maximum absolute atomic E-state index is 14.0. The SMILES string of the molecule is CNC(=O)[C@@H]1C[C@@H](OC(C)(C)C)CN1S(=O)(=O)c1ccc(Cl)c(COc2cccc3c(-n4ccnc4)cc(C)nc23)c1Cl. The molecule has 0 spiro atoms. The average molecular weight is 647 g/mol. The maximum atomic E-state index is 14.0. The van der Waals surface area contributed by atoms with Gasteiger partial charge in [-0.05, 0) is 52.0 Å². The predicted octanol–water partition coefficient (Wildman–Crippen LogP) is 5.31. The van der Waals surface area contributed by atoms with E-state index in [1.165, 1.54) is 19.2 Å². The Morgan fingerprint density at radius 3 is 2.63 bits per heavy atom. The first-order valence-electron chi connectivity index (χ1n) is 13.7. The van der Waals surface area contributed by atoms with Gasteiger partial charge in [0.05, 0.1) is 28.7 Å². The number of hydrogen-bond donors (Lipinski definition) is 1. The van der Waals surface area contributed by atoms with Gasteiger partial charge in [-0.2, -0.15) is 4.31 Å². The van der Waals surface area contributed by atoms with Crippen LogP contribution in [-0.2, 0) is 26.2 Å². The number of nitrogens with zero attached hydrogens (tertiary/aromatic N) is 4. The number of hydrogen-bond acceptors (Lipinski definition) is 7. The van der Waals surface area contributed by atoms with E-state index in [1.807, 2.05) is 56.7 Å². The van der Waals surface area contributed by atoms with E-state index >= 15 is 0 Å². The molecule has 1 amide bonds. The normalized spacial score (nSPS) is 17.8. The van der Waals surface area contributed by atoms with Crippen molar-refractivity contribution in [3.05, 3.63) is 76.4 Å². The molecule has 10 nitrogen and oxygen atoms in total. The molecule has 0 aliphatic carbocycles. The number of likely N-dealkylation sites (N-methyl/N-ethyl adjacent to an activating group) is 1. The van der Waals surface area contributed by atoms with Gasteiger partial charge in [-0.1, -0.05) is 35.3 Å². The molecule has 0 bridgehead atoms. The number of ether oxygens (including phenoxy) is 2. The summed E-state index contributed by atoms with van der Waals surface area (Å²) in [5.41, 5.74) is 2.06. The number of fused-ring (bicyclic) bond motifs is 1. The second-order valence-electron chi connectivity index (χ2n) is 11.3. The Hall–Kier alpha value is -3.22. The van der Waals surface area contributed by atoms with Gasteiger partial charge in [-0.15, -0.1) is 0 Å². The van der Waals surface area contributed by atoms with Crippen LogP contribution in [0.2, 0.25) is 10.0 Å². The van der Waals surface area contributed by atoms with Crippen molar-refractivity contribution in [2.75, 3.05) is 13.6 Å². The summed E-state index contributed by atoms with van der Waals surface area (Å²) in [7, 11) is -2.76. The minimum Gasteiger partial charge on any atom is -0.487 e. The smallest absolute Gasteiger partial charge is 0.245 e. The van der Waals surface area contributed by atoms with E-state index in [2.05, 4.69) is 10.3 Å². The van der Waals surface area contributed by atoms with Crippen LogP contribution in [0.1, 0.15) is 38.4 Å². The Labute approximate surface area is 261 Å². The quantitative estimate of drug-likeness (QED) is 0.276. The van der Waals surface area contributed by atoms with Crippen LogP contribution in [-0.4, -0.2) is 64.5 Å². The van der Waals surface area contributed by atoms with Crippen molar-refractivity contribution in [2.24, 2.45) is 0 Å². The number of pyridine rings is 1. The highest BCUT2D eigenvalue weighted by atomic mass is 35.5. The lowest BCUT2D eigenvalue weighted by Crippen LogP contribution is -2.45. The van der Waals surface area contributed by atoms with Crippen molar-refractivity contribution in [3.63, 3.8) is 0 Å². The molecular formula is C30H33Cl2N5O5S. The highest BCUT2D eigenvalue weighted by molar-refractivity contribution is 7.89. The van der Waals surface area contributed by atoms with Crippen molar-refractivity contribution in [1.29, 1.82) is 0 Å². The van der Waals surface area contributed by atoms with E-state index in [4.69, 9.17) is 37.7 Å². The number of para-hydroxylation sites is 1. The summed E-state index contributed by atoms with van der Waals surface area (Å²) in [5, 5.41) is 3.57. The first-order valence-corrected chi connectivity index (χ1v) is 15.9. The topological polar surface area (TPSA) is 116 Å². The van der Waals surface area contributed by atoms with Crippen LogP contribution in [0.15, 0.2) is 60.0 Å². The summed E-state index contributed by atoms with van der Waals surface area (Å²) in [5.74, 6) is 0.0513.